The molecule has 11 aromatic carbocycles. The summed E-state index contributed by atoms with van der Waals surface area (Å²) in [7, 11) is 0. The largest absolute Gasteiger partial charge is 0.309 e. The normalized spacial score (nSPS) is 11.6. The summed E-state index contributed by atoms with van der Waals surface area (Å²) in [5.74, 6) is 0.398. The lowest BCUT2D eigenvalue weighted by Gasteiger charge is -2.16. The molecule has 0 bridgehead atoms. The van der Waals surface area contributed by atoms with Crippen molar-refractivity contribution in [3.63, 3.8) is 0 Å². The number of fused-ring (bicyclic) bond motifs is 12. The fraction of sp³-hybridized carbons (Fsp3) is 0. The van der Waals surface area contributed by atoms with Crippen LogP contribution in [0.4, 0.5) is 0 Å². The zero-order chi connectivity index (χ0) is 54.6. The van der Waals surface area contributed by atoms with E-state index in [9.17, 15) is 15.8 Å². The lowest BCUT2D eigenvalue weighted by molar-refractivity contribution is 1.14. The van der Waals surface area contributed by atoms with Gasteiger partial charge in [0.2, 0.25) is 0 Å². The minimum Gasteiger partial charge on any atom is -0.309 e. The Morgan fingerprint density at radius 2 is 0.610 bits per heavy atom. The smallest absolute Gasteiger partial charge is 0.160 e. The predicted octanol–water partition coefficient (Wildman–Crippen LogP) is 17.5. The highest BCUT2D eigenvalue weighted by molar-refractivity contribution is 6.21. The molecular formula is C73H41N9. The van der Waals surface area contributed by atoms with Crippen molar-refractivity contribution in [1.82, 2.24) is 28.2 Å². The van der Waals surface area contributed by atoms with Gasteiger partial charge in [0.1, 0.15) is 23.8 Å². The minimum atomic E-state index is 0.217. The Hall–Kier alpha value is -11.8. The molecule has 0 saturated carbocycles. The van der Waals surface area contributed by atoms with E-state index in [0.717, 1.165) is 104 Å². The van der Waals surface area contributed by atoms with Gasteiger partial charge >= 0.3 is 0 Å². The third kappa shape index (κ3) is 6.83. The number of para-hydroxylation sites is 6. The van der Waals surface area contributed by atoms with E-state index in [1.54, 1.807) is 0 Å². The van der Waals surface area contributed by atoms with Crippen LogP contribution >= 0.6 is 0 Å². The molecule has 0 atom stereocenters. The zero-order valence-electron chi connectivity index (χ0n) is 43.7. The Kier molecular flexibility index (Phi) is 10.2. The molecule has 0 amide bonds. The molecule has 82 heavy (non-hydrogen) atoms. The number of nitriles is 3. The summed E-state index contributed by atoms with van der Waals surface area (Å²) < 4.78 is 8.97. The monoisotopic (exact) mass is 1040 g/mol. The summed E-state index contributed by atoms with van der Waals surface area (Å²) in [5, 5.41) is 42.6. The van der Waals surface area contributed by atoms with Gasteiger partial charge in [-0.15, -0.1) is 0 Å². The maximum absolute atomic E-state index is 11.3. The third-order valence-corrected chi connectivity index (χ3v) is 16.3. The van der Waals surface area contributed by atoms with Crippen molar-refractivity contribution in [2.24, 2.45) is 0 Å². The molecule has 9 nitrogen and oxygen atoms in total. The van der Waals surface area contributed by atoms with Crippen LogP contribution in [0.15, 0.2) is 249 Å². The highest BCUT2D eigenvalue weighted by Crippen LogP contribution is 2.44. The summed E-state index contributed by atoms with van der Waals surface area (Å²) in [6.45, 7) is 0. The molecule has 0 aliphatic rings. The molecule has 0 saturated heterocycles. The number of hydrogen-bond donors (Lipinski definition) is 0. The van der Waals surface area contributed by atoms with E-state index in [1.807, 2.05) is 91.0 Å². The van der Waals surface area contributed by atoms with Gasteiger partial charge in [-0.2, -0.15) is 15.8 Å². The van der Waals surface area contributed by atoms with Gasteiger partial charge in [-0.25, -0.2) is 9.97 Å². The summed E-state index contributed by atoms with van der Waals surface area (Å²) in [6.07, 6.45) is 0. The Labute approximate surface area is 469 Å². The first-order valence-corrected chi connectivity index (χ1v) is 27.1. The second-order valence-corrected chi connectivity index (χ2v) is 20.6. The van der Waals surface area contributed by atoms with Gasteiger partial charge in [-0.05, 0) is 97.1 Å². The van der Waals surface area contributed by atoms with E-state index < -0.39 is 0 Å². The average Bonchev–Trinajstić information content (AvgIpc) is 3.79. The maximum Gasteiger partial charge on any atom is 0.160 e. The quantitative estimate of drug-likeness (QED) is 0.158. The van der Waals surface area contributed by atoms with E-state index in [2.05, 4.69) is 194 Å². The first kappa shape index (κ1) is 46.3. The lowest BCUT2D eigenvalue weighted by Crippen LogP contribution is -2.04. The van der Waals surface area contributed by atoms with Gasteiger partial charge in [0.15, 0.2) is 5.82 Å². The van der Waals surface area contributed by atoms with Gasteiger partial charge in [0, 0.05) is 71.2 Å². The van der Waals surface area contributed by atoms with Crippen LogP contribution in [0.3, 0.4) is 0 Å². The topological polar surface area (TPSA) is 117 Å². The summed E-state index contributed by atoms with van der Waals surface area (Å²) in [5.41, 5.74) is 15.3. The molecule has 0 N–H and O–H groups in total. The van der Waals surface area contributed by atoms with Crippen molar-refractivity contribution in [2.45, 2.75) is 0 Å². The average molecular weight is 1040 g/mol. The second kappa shape index (κ2) is 18.1. The number of benzene rings is 11. The SMILES string of the molecule is N#Cc1cc(-c2nc(-c3ccccc3)nc(-c3ccc(-n4c5ccccc5c5cc6c7ccccc7n(-c7ccccc7)c6cc54)c(C#N)c3)c2C#N)ccc1-n1c2ccccc2c2cc3c4ccccc4n(-c4ccccc4)c3cc21. The van der Waals surface area contributed by atoms with Crippen LogP contribution in [0.25, 0.3) is 144 Å². The van der Waals surface area contributed by atoms with Gasteiger partial charge in [0.05, 0.1) is 78.0 Å². The maximum atomic E-state index is 11.3. The molecule has 16 rings (SSSR count). The van der Waals surface area contributed by atoms with Crippen molar-refractivity contribution in [3.05, 3.63) is 265 Å². The van der Waals surface area contributed by atoms with Crippen LogP contribution in [0.1, 0.15) is 16.7 Å². The van der Waals surface area contributed by atoms with E-state index in [4.69, 9.17) is 9.97 Å². The van der Waals surface area contributed by atoms with Crippen LogP contribution in [0.5, 0.6) is 0 Å². The fourth-order valence-electron chi connectivity index (χ4n) is 12.7. The first-order valence-electron chi connectivity index (χ1n) is 27.1. The molecular weight excluding hydrogens is 1000 g/mol. The van der Waals surface area contributed by atoms with Crippen LogP contribution in [0.2, 0.25) is 0 Å². The molecule has 0 spiro atoms. The summed E-state index contributed by atoms with van der Waals surface area (Å²) >= 11 is 0. The number of nitrogens with zero attached hydrogens (tertiary/aromatic N) is 9. The van der Waals surface area contributed by atoms with E-state index >= 15 is 0 Å². The highest BCUT2D eigenvalue weighted by atomic mass is 15.0. The van der Waals surface area contributed by atoms with Gasteiger partial charge in [-0.1, -0.05) is 152 Å². The lowest BCUT2D eigenvalue weighted by atomic mass is 9.97. The molecule has 0 aliphatic heterocycles. The molecule has 0 aliphatic carbocycles. The van der Waals surface area contributed by atoms with Crippen molar-refractivity contribution < 1.29 is 0 Å². The molecule has 9 heteroatoms. The van der Waals surface area contributed by atoms with Crippen molar-refractivity contribution >= 4 is 87.2 Å². The third-order valence-electron chi connectivity index (χ3n) is 16.3. The van der Waals surface area contributed by atoms with Crippen LogP contribution in [-0.4, -0.2) is 28.2 Å². The number of aromatic nitrogens is 6. The van der Waals surface area contributed by atoms with Crippen LogP contribution < -0.4 is 0 Å². The molecule has 378 valence electrons. The predicted molar refractivity (Wildman–Crippen MR) is 330 cm³/mol. The number of hydrogen-bond acceptors (Lipinski definition) is 5. The Balaban J connectivity index is 0.878. The fourth-order valence-corrected chi connectivity index (χ4v) is 12.7. The second-order valence-electron chi connectivity index (χ2n) is 20.6. The van der Waals surface area contributed by atoms with Crippen molar-refractivity contribution in [2.75, 3.05) is 0 Å². The zero-order valence-corrected chi connectivity index (χ0v) is 43.7. The van der Waals surface area contributed by atoms with Crippen molar-refractivity contribution in [3.8, 4) is 74.9 Å². The molecule has 0 fully saturated rings. The van der Waals surface area contributed by atoms with Gasteiger partial charge in [-0.3, -0.25) is 0 Å². The first-order chi connectivity index (χ1) is 40.6. The molecule has 16 aromatic rings. The summed E-state index contributed by atoms with van der Waals surface area (Å²) in [4.78, 5) is 10.3. The minimum absolute atomic E-state index is 0.217. The van der Waals surface area contributed by atoms with Crippen LogP contribution in [-0.2, 0) is 0 Å². The molecule has 0 radical (unpaired) electrons. The van der Waals surface area contributed by atoms with Gasteiger partial charge in [0.25, 0.3) is 0 Å². The highest BCUT2D eigenvalue weighted by Gasteiger charge is 2.25. The Morgan fingerprint density at radius 1 is 0.268 bits per heavy atom. The van der Waals surface area contributed by atoms with Crippen LogP contribution in [0, 0.1) is 34.0 Å². The molecule has 0 unspecified atom stereocenters. The Morgan fingerprint density at radius 3 is 0.988 bits per heavy atom. The van der Waals surface area contributed by atoms with E-state index in [0.29, 0.717) is 50.8 Å². The molecule has 5 aromatic heterocycles. The van der Waals surface area contributed by atoms with E-state index in [-0.39, 0.29) is 5.56 Å². The molecule has 5 heterocycles. The van der Waals surface area contributed by atoms with Gasteiger partial charge < -0.3 is 18.3 Å². The Bertz CT molecular complexity index is 5170. The van der Waals surface area contributed by atoms with E-state index in [1.165, 1.54) is 0 Å². The van der Waals surface area contributed by atoms with Crippen molar-refractivity contribution in [1.29, 1.82) is 15.8 Å². The standard InChI is InChI=1S/C73H41N9/c74-42-48-36-46(32-34-61(48)81-65-30-16-12-26-54(65)58-38-56-52-24-10-14-28-63(52)79(67(56)40-69(58)81)50-20-6-2-7-21-50)71-60(44-76)72(78-73(77-71)45-18-4-1-5-19-45)47-33-35-62(49(37-47)43-75)82-66-31-17-13-27-55(66)59-39-57-53-25-11-15-29-64(53)80(68(57)41-70(59)82)51-22-8-3-9-23-51/h1-41H. The summed E-state index contributed by atoms with van der Waals surface area (Å²) in [6, 6.07) is 92.3. The number of rotatable bonds is 7.